The van der Waals surface area contributed by atoms with Crippen LogP contribution >= 0.6 is 0 Å². The van der Waals surface area contributed by atoms with Gasteiger partial charge in [0.15, 0.2) is 0 Å². The van der Waals surface area contributed by atoms with Crippen molar-refractivity contribution in [2.75, 3.05) is 13.6 Å². The molecule has 1 N–H and O–H groups in total. The Bertz CT molecular complexity index is 710. The average Bonchev–Trinajstić information content (AvgIpc) is 2.80. The second-order valence-corrected chi connectivity index (χ2v) is 5.53. The number of para-hydroxylation sites is 1. The molecule has 1 aromatic heterocycles. The van der Waals surface area contributed by atoms with Crippen molar-refractivity contribution in [3.8, 4) is 5.69 Å². The fraction of sp³-hybridized carbons (Fsp3) is 0.375. The number of carbonyl (C=O) groups excluding carboxylic acids is 1. The van der Waals surface area contributed by atoms with E-state index >= 15 is 0 Å². The van der Waals surface area contributed by atoms with Crippen molar-refractivity contribution in [1.29, 1.82) is 0 Å². The van der Waals surface area contributed by atoms with E-state index in [-0.39, 0.29) is 6.54 Å². The largest absolute Gasteiger partial charge is 0.405 e. The summed E-state index contributed by atoms with van der Waals surface area (Å²) >= 11 is 0. The zero-order valence-corrected chi connectivity index (χ0v) is 13.7. The summed E-state index contributed by atoms with van der Waals surface area (Å²) in [6.45, 7) is 2.50. The highest BCUT2D eigenvalue weighted by molar-refractivity contribution is 5.73. The van der Waals surface area contributed by atoms with E-state index in [2.05, 4.69) is 5.10 Å². The summed E-state index contributed by atoms with van der Waals surface area (Å²) in [6, 6.07) is 8.71. The molecule has 0 atom stereocenters. The molecule has 0 unspecified atom stereocenters. The number of halogens is 3. The lowest BCUT2D eigenvalue weighted by atomic mass is 10.2. The molecule has 2 amide bonds. The normalized spacial score (nSPS) is 11.4. The van der Waals surface area contributed by atoms with Crippen LogP contribution in [0.5, 0.6) is 0 Å². The lowest BCUT2D eigenvalue weighted by molar-refractivity contribution is -0.123. The molecule has 130 valence electrons. The van der Waals surface area contributed by atoms with Crippen LogP contribution in [-0.4, -0.2) is 40.5 Å². The van der Waals surface area contributed by atoms with Gasteiger partial charge in [-0.1, -0.05) is 18.2 Å². The summed E-state index contributed by atoms with van der Waals surface area (Å²) in [5.74, 6) is 0. The number of benzene rings is 1. The molecule has 0 aliphatic heterocycles. The molecule has 5 nitrogen and oxygen atoms in total. The Morgan fingerprint density at radius 3 is 2.46 bits per heavy atom. The minimum Gasteiger partial charge on any atom is -0.329 e. The number of hydrogen-bond acceptors (Lipinski definition) is 2. The topological polar surface area (TPSA) is 50.2 Å². The van der Waals surface area contributed by atoms with Gasteiger partial charge in [0.2, 0.25) is 0 Å². The van der Waals surface area contributed by atoms with E-state index in [0.29, 0.717) is 0 Å². The third-order valence-corrected chi connectivity index (χ3v) is 3.62. The Kier molecular flexibility index (Phi) is 5.16. The SMILES string of the molecule is Cc1nn(-c2ccccc2)c(C)c1CN(C)C(=O)NCC(F)(F)F. The van der Waals surface area contributed by atoms with Crippen LogP contribution in [0.2, 0.25) is 0 Å². The Morgan fingerprint density at radius 2 is 1.88 bits per heavy atom. The number of carbonyl (C=O) groups is 1. The molecular formula is C16H19F3N4O. The number of aromatic nitrogens is 2. The Labute approximate surface area is 138 Å². The molecule has 0 aliphatic rings. The van der Waals surface area contributed by atoms with Gasteiger partial charge in [-0.2, -0.15) is 18.3 Å². The van der Waals surface area contributed by atoms with Crippen LogP contribution in [0, 0.1) is 13.8 Å². The highest BCUT2D eigenvalue weighted by Gasteiger charge is 2.28. The number of amides is 2. The summed E-state index contributed by atoms with van der Waals surface area (Å²) in [5.41, 5.74) is 3.26. The molecule has 2 aromatic rings. The highest BCUT2D eigenvalue weighted by Crippen LogP contribution is 2.19. The average molecular weight is 340 g/mol. The second-order valence-electron chi connectivity index (χ2n) is 5.53. The van der Waals surface area contributed by atoms with Crippen LogP contribution in [0.4, 0.5) is 18.0 Å². The monoisotopic (exact) mass is 340 g/mol. The fourth-order valence-corrected chi connectivity index (χ4v) is 2.34. The number of alkyl halides is 3. The van der Waals surface area contributed by atoms with Gasteiger partial charge in [0.1, 0.15) is 6.54 Å². The number of urea groups is 1. The molecule has 0 saturated carbocycles. The number of nitrogens with one attached hydrogen (secondary N) is 1. The Morgan fingerprint density at radius 1 is 1.25 bits per heavy atom. The van der Waals surface area contributed by atoms with E-state index in [1.54, 1.807) is 4.68 Å². The third kappa shape index (κ3) is 4.27. The smallest absolute Gasteiger partial charge is 0.329 e. The van der Waals surface area contributed by atoms with E-state index < -0.39 is 18.8 Å². The lowest BCUT2D eigenvalue weighted by Crippen LogP contribution is -2.41. The summed E-state index contributed by atoms with van der Waals surface area (Å²) in [6.07, 6.45) is -4.43. The van der Waals surface area contributed by atoms with E-state index in [1.165, 1.54) is 11.9 Å². The first-order valence-electron chi connectivity index (χ1n) is 7.35. The van der Waals surface area contributed by atoms with Gasteiger partial charge in [-0.05, 0) is 26.0 Å². The predicted molar refractivity (Wildman–Crippen MR) is 84.0 cm³/mol. The number of aryl methyl sites for hydroxylation is 1. The summed E-state index contributed by atoms with van der Waals surface area (Å²) in [4.78, 5) is 13.0. The van der Waals surface area contributed by atoms with Gasteiger partial charge >= 0.3 is 12.2 Å². The Balaban J connectivity index is 2.13. The Hall–Kier alpha value is -2.51. The summed E-state index contributed by atoms with van der Waals surface area (Å²) in [5, 5.41) is 6.31. The van der Waals surface area contributed by atoms with Crippen molar-refractivity contribution in [3.05, 3.63) is 47.3 Å². The quantitative estimate of drug-likeness (QED) is 0.929. The maximum absolute atomic E-state index is 12.2. The van der Waals surface area contributed by atoms with Gasteiger partial charge in [0.05, 0.1) is 17.9 Å². The summed E-state index contributed by atoms with van der Waals surface area (Å²) in [7, 11) is 1.45. The van der Waals surface area contributed by atoms with Crippen molar-refractivity contribution in [1.82, 2.24) is 20.0 Å². The molecule has 1 aromatic carbocycles. The predicted octanol–water partition coefficient (Wildman–Crippen LogP) is 3.19. The zero-order valence-electron chi connectivity index (χ0n) is 13.7. The van der Waals surface area contributed by atoms with Gasteiger partial charge < -0.3 is 10.2 Å². The van der Waals surface area contributed by atoms with E-state index in [4.69, 9.17) is 0 Å². The van der Waals surface area contributed by atoms with Crippen molar-refractivity contribution in [2.45, 2.75) is 26.6 Å². The van der Waals surface area contributed by atoms with Gasteiger partial charge in [-0.25, -0.2) is 9.48 Å². The highest BCUT2D eigenvalue weighted by atomic mass is 19.4. The van der Waals surface area contributed by atoms with Gasteiger partial charge in [0.25, 0.3) is 0 Å². The first-order valence-corrected chi connectivity index (χ1v) is 7.35. The molecular weight excluding hydrogens is 321 g/mol. The molecule has 0 bridgehead atoms. The molecule has 1 heterocycles. The second kappa shape index (κ2) is 6.94. The van der Waals surface area contributed by atoms with Gasteiger partial charge in [-0.15, -0.1) is 0 Å². The molecule has 0 radical (unpaired) electrons. The molecule has 2 rings (SSSR count). The minimum atomic E-state index is -4.43. The molecule has 0 fully saturated rings. The number of hydrogen-bond donors (Lipinski definition) is 1. The molecule has 0 aliphatic carbocycles. The molecule has 24 heavy (non-hydrogen) atoms. The first kappa shape index (κ1) is 17.8. The van der Waals surface area contributed by atoms with E-state index in [9.17, 15) is 18.0 Å². The van der Waals surface area contributed by atoms with E-state index in [0.717, 1.165) is 22.6 Å². The van der Waals surface area contributed by atoms with Crippen molar-refractivity contribution >= 4 is 6.03 Å². The van der Waals surface area contributed by atoms with Crippen LogP contribution in [0.25, 0.3) is 5.69 Å². The van der Waals surface area contributed by atoms with Crippen LogP contribution in [0.15, 0.2) is 30.3 Å². The zero-order chi connectivity index (χ0) is 17.9. The molecule has 0 saturated heterocycles. The van der Waals surface area contributed by atoms with Crippen LogP contribution < -0.4 is 5.32 Å². The van der Waals surface area contributed by atoms with Crippen molar-refractivity contribution < 1.29 is 18.0 Å². The third-order valence-electron chi connectivity index (χ3n) is 3.62. The number of nitrogens with zero attached hydrogens (tertiary/aromatic N) is 3. The van der Waals surface area contributed by atoms with Gasteiger partial charge in [-0.3, -0.25) is 0 Å². The van der Waals surface area contributed by atoms with Crippen LogP contribution in [0.3, 0.4) is 0 Å². The van der Waals surface area contributed by atoms with Crippen molar-refractivity contribution in [3.63, 3.8) is 0 Å². The molecule has 8 heteroatoms. The lowest BCUT2D eigenvalue weighted by Gasteiger charge is -2.19. The summed E-state index contributed by atoms with van der Waals surface area (Å²) < 4.78 is 38.3. The van der Waals surface area contributed by atoms with Crippen molar-refractivity contribution in [2.24, 2.45) is 0 Å². The number of rotatable bonds is 4. The van der Waals surface area contributed by atoms with Crippen LogP contribution in [0.1, 0.15) is 17.0 Å². The maximum Gasteiger partial charge on any atom is 0.405 e. The standard InChI is InChI=1S/C16H19F3N4O/c1-11-14(9-22(3)15(24)20-10-16(17,18)19)12(2)23(21-11)13-7-5-4-6-8-13/h4-8H,9-10H2,1-3H3,(H,20,24). The molecule has 0 spiro atoms. The fourth-order valence-electron chi connectivity index (χ4n) is 2.34. The van der Waals surface area contributed by atoms with Gasteiger partial charge in [0, 0.05) is 18.3 Å². The first-order chi connectivity index (χ1) is 11.2. The van der Waals surface area contributed by atoms with Crippen LogP contribution in [-0.2, 0) is 6.54 Å². The van der Waals surface area contributed by atoms with E-state index in [1.807, 2.05) is 49.5 Å². The maximum atomic E-state index is 12.2. The minimum absolute atomic E-state index is 0.175.